The Morgan fingerprint density at radius 2 is 2.29 bits per heavy atom. The van der Waals surface area contributed by atoms with Crippen LogP contribution in [0.15, 0.2) is 30.5 Å². The zero-order chi connectivity index (χ0) is 12.3. The molecule has 2 aromatic rings. The van der Waals surface area contributed by atoms with Gasteiger partial charge in [-0.15, -0.1) is 0 Å². The van der Waals surface area contributed by atoms with E-state index in [-0.39, 0.29) is 11.9 Å². The van der Waals surface area contributed by atoms with Gasteiger partial charge in [0.05, 0.1) is 18.1 Å². The van der Waals surface area contributed by atoms with Gasteiger partial charge in [0, 0.05) is 23.1 Å². The lowest BCUT2D eigenvalue weighted by Crippen LogP contribution is -2.32. The molecule has 1 heterocycles. The van der Waals surface area contributed by atoms with Gasteiger partial charge in [0.25, 0.3) is 5.91 Å². The summed E-state index contributed by atoms with van der Waals surface area (Å²) in [5.74, 6) is -0.148. The number of benzene rings is 1. The van der Waals surface area contributed by atoms with E-state index in [4.69, 9.17) is 5.26 Å². The van der Waals surface area contributed by atoms with Crippen LogP contribution in [0.25, 0.3) is 10.9 Å². The smallest absolute Gasteiger partial charge is 0.253 e. The first-order chi connectivity index (χ1) is 8.22. The predicted molar refractivity (Wildman–Crippen MR) is 65.5 cm³/mol. The summed E-state index contributed by atoms with van der Waals surface area (Å²) >= 11 is 0. The van der Waals surface area contributed by atoms with E-state index in [0.717, 1.165) is 10.9 Å². The second-order valence-electron chi connectivity index (χ2n) is 3.98. The van der Waals surface area contributed by atoms with Crippen molar-refractivity contribution < 1.29 is 4.79 Å². The van der Waals surface area contributed by atoms with Gasteiger partial charge in [-0.1, -0.05) is 18.2 Å². The number of aromatic amines is 1. The van der Waals surface area contributed by atoms with E-state index in [1.807, 2.05) is 37.3 Å². The molecule has 1 aromatic heterocycles. The predicted octanol–water partition coefficient (Wildman–Crippen LogP) is 2.20. The molecule has 1 atom stereocenters. The Morgan fingerprint density at radius 3 is 3.06 bits per heavy atom. The van der Waals surface area contributed by atoms with Crippen molar-refractivity contribution in [2.24, 2.45) is 0 Å². The van der Waals surface area contributed by atoms with Gasteiger partial charge in [0.2, 0.25) is 0 Å². The van der Waals surface area contributed by atoms with Crippen LogP contribution in [-0.2, 0) is 0 Å². The fraction of sp³-hybridized carbons (Fsp3) is 0.231. The third-order valence-electron chi connectivity index (χ3n) is 2.61. The molecule has 1 aromatic carbocycles. The van der Waals surface area contributed by atoms with Crippen LogP contribution in [0, 0.1) is 11.3 Å². The molecule has 1 amide bonds. The molecule has 0 bridgehead atoms. The topological polar surface area (TPSA) is 68.7 Å². The fourth-order valence-corrected chi connectivity index (χ4v) is 1.75. The van der Waals surface area contributed by atoms with Crippen LogP contribution in [0.5, 0.6) is 0 Å². The second-order valence-corrected chi connectivity index (χ2v) is 3.98. The minimum Gasteiger partial charge on any atom is -0.360 e. The minimum absolute atomic E-state index is 0.138. The number of carbonyl (C=O) groups excluding carboxylic acids is 1. The number of carbonyl (C=O) groups is 1. The van der Waals surface area contributed by atoms with Crippen molar-refractivity contribution in [2.75, 3.05) is 0 Å². The molecule has 2 N–H and O–H groups in total. The summed E-state index contributed by atoms with van der Waals surface area (Å²) in [6, 6.07) is 9.52. The maximum Gasteiger partial charge on any atom is 0.253 e. The maximum absolute atomic E-state index is 12.0. The Labute approximate surface area is 99.3 Å². The molecule has 4 nitrogen and oxygen atoms in total. The number of fused-ring (bicyclic) bond motifs is 1. The van der Waals surface area contributed by atoms with Crippen molar-refractivity contribution in [2.45, 2.75) is 19.4 Å². The van der Waals surface area contributed by atoms with E-state index >= 15 is 0 Å². The summed E-state index contributed by atoms with van der Waals surface area (Å²) in [6.45, 7) is 1.82. The van der Waals surface area contributed by atoms with Gasteiger partial charge in [0.1, 0.15) is 0 Å². The van der Waals surface area contributed by atoms with Crippen molar-refractivity contribution in [1.29, 1.82) is 5.26 Å². The van der Waals surface area contributed by atoms with Crippen molar-refractivity contribution in [3.63, 3.8) is 0 Å². The average Bonchev–Trinajstić information content (AvgIpc) is 2.72. The number of nitriles is 1. The highest BCUT2D eigenvalue weighted by Crippen LogP contribution is 2.17. The first-order valence-electron chi connectivity index (χ1n) is 5.46. The van der Waals surface area contributed by atoms with Crippen LogP contribution >= 0.6 is 0 Å². The molecule has 17 heavy (non-hydrogen) atoms. The van der Waals surface area contributed by atoms with Gasteiger partial charge >= 0.3 is 0 Å². The molecule has 0 aliphatic heterocycles. The molecule has 0 aliphatic carbocycles. The number of rotatable bonds is 3. The molecule has 0 radical (unpaired) electrons. The maximum atomic E-state index is 12.0. The molecule has 0 spiro atoms. The van der Waals surface area contributed by atoms with Gasteiger partial charge in [-0.3, -0.25) is 4.79 Å². The number of amides is 1. The first kappa shape index (κ1) is 11.2. The van der Waals surface area contributed by atoms with Gasteiger partial charge in [-0.2, -0.15) is 5.26 Å². The normalized spacial score (nSPS) is 12.0. The van der Waals surface area contributed by atoms with Gasteiger partial charge in [-0.25, -0.2) is 0 Å². The number of hydrogen-bond donors (Lipinski definition) is 2. The summed E-state index contributed by atoms with van der Waals surface area (Å²) in [5, 5.41) is 12.2. The van der Waals surface area contributed by atoms with Crippen LogP contribution in [0.4, 0.5) is 0 Å². The monoisotopic (exact) mass is 227 g/mol. The summed E-state index contributed by atoms with van der Waals surface area (Å²) in [4.78, 5) is 15.0. The lowest BCUT2D eigenvalue weighted by molar-refractivity contribution is 0.0942. The number of nitrogens with one attached hydrogen (secondary N) is 2. The molecule has 1 unspecified atom stereocenters. The molecule has 86 valence electrons. The second kappa shape index (κ2) is 4.71. The summed E-state index contributed by atoms with van der Waals surface area (Å²) in [6.07, 6.45) is 2.01. The Bertz CT molecular complexity index is 580. The molecular weight excluding hydrogens is 214 g/mol. The quantitative estimate of drug-likeness (QED) is 0.844. The molecule has 4 heteroatoms. The van der Waals surface area contributed by atoms with Crippen LogP contribution in [0.3, 0.4) is 0 Å². The average molecular weight is 227 g/mol. The van der Waals surface area contributed by atoms with Crippen molar-refractivity contribution in [3.8, 4) is 6.07 Å². The van der Waals surface area contributed by atoms with E-state index in [1.165, 1.54) is 0 Å². The fourth-order valence-electron chi connectivity index (χ4n) is 1.75. The van der Waals surface area contributed by atoms with Crippen molar-refractivity contribution in [1.82, 2.24) is 10.3 Å². The largest absolute Gasteiger partial charge is 0.360 e. The summed E-state index contributed by atoms with van der Waals surface area (Å²) in [7, 11) is 0. The molecule has 0 saturated heterocycles. The highest BCUT2D eigenvalue weighted by atomic mass is 16.1. The Balaban J connectivity index is 2.23. The Morgan fingerprint density at radius 1 is 1.53 bits per heavy atom. The third kappa shape index (κ3) is 2.28. The molecular formula is C13H13N3O. The zero-order valence-electron chi connectivity index (χ0n) is 9.53. The lowest BCUT2D eigenvalue weighted by atomic mass is 10.1. The highest BCUT2D eigenvalue weighted by molar-refractivity contribution is 6.06. The van der Waals surface area contributed by atoms with Crippen molar-refractivity contribution in [3.05, 3.63) is 36.0 Å². The van der Waals surface area contributed by atoms with E-state index < -0.39 is 0 Å². The minimum atomic E-state index is -0.148. The Kier molecular flexibility index (Phi) is 3.10. The van der Waals surface area contributed by atoms with Crippen LogP contribution in [0.1, 0.15) is 23.7 Å². The molecule has 0 aliphatic rings. The first-order valence-corrected chi connectivity index (χ1v) is 5.46. The third-order valence-corrected chi connectivity index (χ3v) is 2.61. The van der Waals surface area contributed by atoms with Gasteiger partial charge in [-0.05, 0) is 13.0 Å². The molecule has 2 rings (SSSR count). The zero-order valence-corrected chi connectivity index (χ0v) is 9.53. The van der Waals surface area contributed by atoms with E-state index in [0.29, 0.717) is 12.0 Å². The van der Waals surface area contributed by atoms with E-state index in [1.54, 1.807) is 6.20 Å². The number of hydrogen-bond acceptors (Lipinski definition) is 2. The van der Waals surface area contributed by atoms with Crippen LogP contribution < -0.4 is 5.32 Å². The van der Waals surface area contributed by atoms with E-state index in [9.17, 15) is 4.79 Å². The molecule has 0 fully saturated rings. The Hall–Kier alpha value is -2.28. The number of para-hydroxylation sites is 1. The SMILES string of the molecule is CC(CC#N)NC(=O)c1c[nH]c2ccccc12. The van der Waals surface area contributed by atoms with E-state index in [2.05, 4.69) is 10.3 Å². The number of H-pyrrole nitrogens is 1. The van der Waals surface area contributed by atoms with Crippen LogP contribution in [0.2, 0.25) is 0 Å². The summed E-state index contributed by atoms with van der Waals surface area (Å²) in [5.41, 5.74) is 1.55. The number of nitrogens with zero attached hydrogens (tertiary/aromatic N) is 1. The summed E-state index contributed by atoms with van der Waals surface area (Å²) < 4.78 is 0. The van der Waals surface area contributed by atoms with Gasteiger partial charge in [0.15, 0.2) is 0 Å². The molecule has 0 saturated carbocycles. The highest BCUT2D eigenvalue weighted by Gasteiger charge is 2.13. The lowest BCUT2D eigenvalue weighted by Gasteiger charge is -2.09. The van der Waals surface area contributed by atoms with Crippen LogP contribution in [-0.4, -0.2) is 16.9 Å². The number of aromatic nitrogens is 1. The van der Waals surface area contributed by atoms with Crippen molar-refractivity contribution >= 4 is 16.8 Å². The standard InChI is InChI=1S/C13H13N3O/c1-9(6-7-14)16-13(17)11-8-15-12-5-3-2-4-10(11)12/h2-5,8-9,15H,6H2,1H3,(H,16,17). The van der Waals surface area contributed by atoms with Gasteiger partial charge < -0.3 is 10.3 Å².